The van der Waals surface area contributed by atoms with Gasteiger partial charge in [0.15, 0.2) is 6.61 Å². The topological polar surface area (TPSA) is 56.8 Å². The Balaban J connectivity index is 1.47. The molecule has 1 aliphatic rings. The second-order valence-electron chi connectivity index (χ2n) is 7.15. The van der Waals surface area contributed by atoms with Crippen LogP contribution in [0.4, 0.5) is 5.69 Å². The maximum absolute atomic E-state index is 12.2. The summed E-state index contributed by atoms with van der Waals surface area (Å²) in [5.74, 6) is 1.74. The van der Waals surface area contributed by atoms with Crippen molar-refractivity contribution in [3.05, 3.63) is 54.1 Å². The number of rotatable bonds is 9. The average molecular weight is 383 g/mol. The Kier molecular flexibility index (Phi) is 7.31. The fourth-order valence-corrected chi connectivity index (χ4v) is 3.18. The van der Waals surface area contributed by atoms with Gasteiger partial charge < -0.3 is 19.5 Å². The van der Waals surface area contributed by atoms with E-state index in [1.165, 1.54) is 0 Å². The van der Waals surface area contributed by atoms with E-state index in [1.54, 1.807) is 0 Å². The predicted octanol–water partition coefficient (Wildman–Crippen LogP) is 4.78. The van der Waals surface area contributed by atoms with Gasteiger partial charge in [-0.25, -0.2) is 0 Å². The summed E-state index contributed by atoms with van der Waals surface area (Å²) in [6.45, 7) is 5.66. The summed E-state index contributed by atoms with van der Waals surface area (Å²) in [4.78, 5) is 12.2. The van der Waals surface area contributed by atoms with Gasteiger partial charge in [0.2, 0.25) is 0 Å². The molecule has 3 rings (SSSR count). The number of ether oxygens (including phenoxy) is 3. The largest absolute Gasteiger partial charge is 0.491 e. The van der Waals surface area contributed by atoms with E-state index in [9.17, 15) is 4.79 Å². The van der Waals surface area contributed by atoms with E-state index in [1.807, 2.05) is 42.5 Å². The Morgan fingerprint density at radius 3 is 2.68 bits per heavy atom. The summed E-state index contributed by atoms with van der Waals surface area (Å²) in [5, 5.41) is 2.86. The fraction of sp³-hybridized carbons (Fsp3) is 0.435. The smallest absolute Gasteiger partial charge is 0.262 e. The molecular formula is C23H29NO4. The Bertz CT molecular complexity index is 753. The summed E-state index contributed by atoms with van der Waals surface area (Å²) >= 11 is 0. The number of nitrogens with one attached hydrogen (secondary N) is 1. The molecule has 5 nitrogen and oxygen atoms in total. The summed E-state index contributed by atoms with van der Waals surface area (Å²) in [5.41, 5.74) is 1.85. The molecule has 150 valence electrons. The van der Waals surface area contributed by atoms with Crippen LogP contribution in [0.15, 0.2) is 48.5 Å². The highest BCUT2D eigenvalue weighted by Gasteiger charge is 2.16. The van der Waals surface area contributed by atoms with Gasteiger partial charge in [-0.15, -0.1) is 0 Å². The van der Waals surface area contributed by atoms with Crippen LogP contribution in [-0.2, 0) is 9.53 Å². The van der Waals surface area contributed by atoms with Crippen LogP contribution in [0.2, 0.25) is 0 Å². The first kappa shape index (κ1) is 20.2. The van der Waals surface area contributed by atoms with Crippen molar-refractivity contribution in [3.8, 4) is 11.5 Å². The highest BCUT2D eigenvalue weighted by Crippen LogP contribution is 2.28. The monoisotopic (exact) mass is 383 g/mol. The average Bonchev–Trinajstić information content (AvgIpc) is 3.25. The van der Waals surface area contributed by atoms with Crippen molar-refractivity contribution in [1.82, 2.24) is 0 Å². The molecule has 1 amide bonds. The molecule has 0 unspecified atom stereocenters. The highest BCUT2D eigenvalue weighted by molar-refractivity contribution is 5.91. The Morgan fingerprint density at radius 1 is 1.18 bits per heavy atom. The van der Waals surface area contributed by atoms with Gasteiger partial charge in [0.25, 0.3) is 5.91 Å². The summed E-state index contributed by atoms with van der Waals surface area (Å²) < 4.78 is 17.1. The lowest BCUT2D eigenvalue weighted by atomic mass is 9.98. The second kappa shape index (κ2) is 10.1. The fourth-order valence-electron chi connectivity index (χ4n) is 3.18. The van der Waals surface area contributed by atoms with E-state index in [-0.39, 0.29) is 18.6 Å². The van der Waals surface area contributed by atoms with Gasteiger partial charge in [-0.1, -0.05) is 32.0 Å². The summed E-state index contributed by atoms with van der Waals surface area (Å²) in [6.07, 6.45) is 3.36. The van der Waals surface area contributed by atoms with Crippen LogP contribution in [0.25, 0.3) is 0 Å². The van der Waals surface area contributed by atoms with E-state index in [4.69, 9.17) is 14.2 Å². The van der Waals surface area contributed by atoms with Crippen molar-refractivity contribution in [2.24, 2.45) is 0 Å². The van der Waals surface area contributed by atoms with Crippen LogP contribution in [0.1, 0.15) is 44.6 Å². The van der Waals surface area contributed by atoms with Crippen molar-refractivity contribution >= 4 is 11.6 Å². The molecule has 2 atom stereocenters. The normalized spacial score (nSPS) is 17.1. The SMILES string of the molecule is CC[C@H](C)c1ccccc1OCC(=O)Nc1ccc(OC[C@H]2CCCO2)cc1. The lowest BCUT2D eigenvalue weighted by Crippen LogP contribution is -2.20. The van der Waals surface area contributed by atoms with Crippen molar-refractivity contribution in [1.29, 1.82) is 0 Å². The first-order valence-electron chi connectivity index (χ1n) is 10.0. The van der Waals surface area contributed by atoms with Gasteiger partial charge in [0.1, 0.15) is 18.1 Å². The molecule has 0 aromatic heterocycles. The molecule has 0 spiro atoms. The first-order chi connectivity index (χ1) is 13.7. The molecule has 0 bridgehead atoms. The summed E-state index contributed by atoms with van der Waals surface area (Å²) in [7, 11) is 0. The molecule has 1 saturated heterocycles. The molecule has 1 aliphatic heterocycles. The zero-order valence-corrected chi connectivity index (χ0v) is 16.6. The van der Waals surface area contributed by atoms with E-state index in [0.29, 0.717) is 18.2 Å². The quantitative estimate of drug-likeness (QED) is 0.677. The van der Waals surface area contributed by atoms with Gasteiger partial charge >= 0.3 is 0 Å². The van der Waals surface area contributed by atoms with E-state index in [2.05, 4.69) is 25.2 Å². The second-order valence-corrected chi connectivity index (χ2v) is 7.15. The molecule has 28 heavy (non-hydrogen) atoms. The van der Waals surface area contributed by atoms with Crippen LogP contribution in [0.5, 0.6) is 11.5 Å². The van der Waals surface area contributed by atoms with Crippen molar-refractivity contribution < 1.29 is 19.0 Å². The third-order valence-corrected chi connectivity index (χ3v) is 5.02. The Hall–Kier alpha value is -2.53. The maximum atomic E-state index is 12.2. The number of hydrogen-bond donors (Lipinski definition) is 1. The standard InChI is InChI=1S/C23H29NO4/c1-3-17(2)21-8-4-5-9-22(21)28-16-23(25)24-18-10-12-19(13-11-18)27-15-20-7-6-14-26-20/h4-5,8-13,17,20H,3,6-7,14-16H2,1-2H3,(H,24,25)/t17-,20+/m0/s1. The highest BCUT2D eigenvalue weighted by atomic mass is 16.5. The lowest BCUT2D eigenvalue weighted by molar-refractivity contribution is -0.118. The molecule has 0 aliphatic carbocycles. The van der Waals surface area contributed by atoms with Crippen molar-refractivity contribution in [3.63, 3.8) is 0 Å². The molecule has 0 radical (unpaired) electrons. The van der Waals surface area contributed by atoms with Gasteiger partial charge in [-0.2, -0.15) is 0 Å². The van der Waals surface area contributed by atoms with Crippen LogP contribution in [0, 0.1) is 0 Å². The number of para-hydroxylation sites is 1. The molecule has 0 saturated carbocycles. The molecule has 1 N–H and O–H groups in total. The number of benzene rings is 2. The Morgan fingerprint density at radius 2 is 1.96 bits per heavy atom. The summed E-state index contributed by atoms with van der Waals surface area (Å²) in [6, 6.07) is 15.2. The first-order valence-corrected chi connectivity index (χ1v) is 10.0. The van der Waals surface area contributed by atoms with E-state index >= 15 is 0 Å². The molecule has 1 heterocycles. The molecule has 2 aromatic rings. The van der Waals surface area contributed by atoms with Crippen LogP contribution >= 0.6 is 0 Å². The third kappa shape index (κ3) is 5.73. The number of amides is 1. The van der Waals surface area contributed by atoms with Gasteiger partial charge in [0, 0.05) is 12.3 Å². The van der Waals surface area contributed by atoms with Gasteiger partial charge in [0.05, 0.1) is 6.10 Å². The zero-order chi connectivity index (χ0) is 19.8. The molecule has 5 heteroatoms. The molecule has 2 aromatic carbocycles. The van der Waals surface area contributed by atoms with Crippen molar-refractivity contribution in [2.45, 2.75) is 45.1 Å². The van der Waals surface area contributed by atoms with Crippen LogP contribution < -0.4 is 14.8 Å². The van der Waals surface area contributed by atoms with Crippen LogP contribution in [0.3, 0.4) is 0 Å². The van der Waals surface area contributed by atoms with Gasteiger partial charge in [-0.3, -0.25) is 4.79 Å². The van der Waals surface area contributed by atoms with Crippen molar-refractivity contribution in [2.75, 3.05) is 25.1 Å². The third-order valence-electron chi connectivity index (χ3n) is 5.02. The zero-order valence-electron chi connectivity index (χ0n) is 16.6. The predicted molar refractivity (Wildman–Crippen MR) is 110 cm³/mol. The number of hydrogen-bond acceptors (Lipinski definition) is 4. The maximum Gasteiger partial charge on any atom is 0.262 e. The van der Waals surface area contributed by atoms with Crippen LogP contribution in [-0.4, -0.2) is 31.8 Å². The molecular weight excluding hydrogens is 354 g/mol. The lowest BCUT2D eigenvalue weighted by Gasteiger charge is -2.15. The minimum Gasteiger partial charge on any atom is -0.491 e. The number of carbonyl (C=O) groups is 1. The minimum absolute atomic E-state index is 0.0231. The Labute approximate surface area is 167 Å². The van der Waals surface area contributed by atoms with E-state index in [0.717, 1.165) is 42.9 Å². The van der Waals surface area contributed by atoms with Gasteiger partial charge in [-0.05, 0) is 61.1 Å². The minimum atomic E-state index is -0.188. The van der Waals surface area contributed by atoms with E-state index < -0.39 is 0 Å². The number of carbonyl (C=O) groups excluding carboxylic acids is 1. The number of anilines is 1. The molecule has 1 fully saturated rings.